The molecular weight excluding hydrogens is 466 g/mol. The van der Waals surface area contributed by atoms with Gasteiger partial charge in [0.2, 0.25) is 0 Å². The van der Waals surface area contributed by atoms with Crippen molar-refractivity contribution in [3.05, 3.63) is 24.5 Å². The summed E-state index contributed by atoms with van der Waals surface area (Å²) in [6.45, 7) is 1.59. The Kier molecular flexibility index (Phi) is 5.31. The molecule has 0 radical (unpaired) electrons. The third-order valence-corrected chi connectivity index (χ3v) is 7.32. The normalized spacial score (nSPS) is 21.8. The highest BCUT2D eigenvalue weighted by Gasteiger charge is 2.49. The van der Waals surface area contributed by atoms with Gasteiger partial charge in [-0.05, 0) is 31.0 Å². The van der Waals surface area contributed by atoms with E-state index < -0.39 is 6.04 Å². The molecule has 0 saturated carbocycles. The van der Waals surface area contributed by atoms with Gasteiger partial charge >= 0.3 is 12.0 Å². The number of rotatable bonds is 4. The van der Waals surface area contributed by atoms with Gasteiger partial charge in [0.15, 0.2) is 17.1 Å². The van der Waals surface area contributed by atoms with Crippen LogP contribution in [0.15, 0.2) is 24.5 Å². The van der Waals surface area contributed by atoms with Crippen LogP contribution in [0.3, 0.4) is 0 Å². The molecular formula is C24H27N7O5. The number of benzene rings is 1. The van der Waals surface area contributed by atoms with Crippen molar-refractivity contribution in [2.45, 2.75) is 37.5 Å². The highest BCUT2D eigenvalue weighted by molar-refractivity contribution is 5.98. The number of esters is 1. The van der Waals surface area contributed by atoms with E-state index in [0.29, 0.717) is 72.9 Å². The molecule has 12 nitrogen and oxygen atoms in total. The number of aromatic nitrogens is 4. The largest absolute Gasteiger partial charge is 0.493 e. The second kappa shape index (κ2) is 8.54. The van der Waals surface area contributed by atoms with E-state index >= 15 is 0 Å². The first-order valence-electron chi connectivity index (χ1n) is 12.0. The minimum atomic E-state index is -0.445. The van der Waals surface area contributed by atoms with Crippen LogP contribution in [0.25, 0.3) is 22.3 Å². The first-order valence-corrected chi connectivity index (χ1v) is 12.0. The lowest BCUT2D eigenvalue weighted by molar-refractivity contribution is -0.149. The summed E-state index contributed by atoms with van der Waals surface area (Å²) < 4.78 is 18.0. The van der Waals surface area contributed by atoms with Gasteiger partial charge in [-0.15, -0.1) is 0 Å². The fourth-order valence-corrected chi connectivity index (χ4v) is 5.48. The molecule has 3 aliphatic rings. The Hall–Kier alpha value is -4.09. The molecule has 1 aromatic carbocycles. The Morgan fingerprint density at radius 1 is 1.14 bits per heavy atom. The number of fused-ring (bicyclic) bond motifs is 3. The molecule has 2 amide bonds. The topological polar surface area (TPSA) is 138 Å². The van der Waals surface area contributed by atoms with Crippen molar-refractivity contribution >= 4 is 28.9 Å². The molecule has 3 fully saturated rings. The minimum Gasteiger partial charge on any atom is -0.493 e. The third kappa shape index (κ3) is 3.47. The highest BCUT2D eigenvalue weighted by Crippen LogP contribution is 2.38. The first kappa shape index (κ1) is 22.4. The molecule has 2 atom stereocenters. The van der Waals surface area contributed by atoms with Crippen LogP contribution in [0.1, 0.15) is 25.3 Å². The van der Waals surface area contributed by atoms with E-state index in [1.54, 1.807) is 19.1 Å². The third-order valence-electron chi connectivity index (χ3n) is 7.32. The fourth-order valence-electron chi connectivity index (χ4n) is 5.48. The standard InChI is InChI=1S/C24H27N7O5/c1-34-17-4-3-13(9-18(17)35-2)20-19-21(25)26-12-27-22(19)31(28-20)14-5-7-29(8-6-14)24(33)30-11-15-10-16(30)23(32)36-15/h3-4,9,12,14-16H,5-8,10-11H2,1-2H3,(H2,25,26,27)/t15-,16-/m0/s1. The average molecular weight is 494 g/mol. The summed E-state index contributed by atoms with van der Waals surface area (Å²) in [6, 6.07) is 5.06. The molecule has 0 aliphatic carbocycles. The van der Waals surface area contributed by atoms with Crippen molar-refractivity contribution < 1.29 is 23.8 Å². The molecule has 3 saturated heterocycles. The number of morpholine rings is 1. The molecule has 2 N–H and O–H groups in total. The zero-order valence-electron chi connectivity index (χ0n) is 20.1. The van der Waals surface area contributed by atoms with Gasteiger partial charge < -0.3 is 29.7 Å². The maximum absolute atomic E-state index is 13.1. The number of carbonyl (C=O) groups is 2. The van der Waals surface area contributed by atoms with Crippen molar-refractivity contribution in [2.24, 2.45) is 0 Å². The van der Waals surface area contributed by atoms with E-state index in [1.807, 2.05) is 27.8 Å². The smallest absolute Gasteiger partial charge is 0.329 e. The van der Waals surface area contributed by atoms with Crippen molar-refractivity contribution in [3.8, 4) is 22.8 Å². The van der Waals surface area contributed by atoms with Gasteiger partial charge in [0, 0.05) is 25.1 Å². The number of nitrogens with zero attached hydrogens (tertiary/aromatic N) is 6. The van der Waals surface area contributed by atoms with Crippen LogP contribution in [-0.2, 0) is 9.53 Å². The lowest BCUT2D eigenvalue weighted by atomic mass is 10.1. The van der Waals surface area contributed by atoms with Gasteiger partial charge in [-0.3, -0.25) is 0 Å². The summed E-state index contributed by atoms with van der Waals surface area (Å²) in [5.41, 5.74) is 8.40. The van der Waals surface area contributed by atoms with E-state index in [9.17, 15) is 9.59 Å². The number of piperidine rings is 1. The van der Waals surface area contributed by atoms with Crippen LogP contribution in [0.5, 0.6) is 11.5 Å². The van der Waals surface area contributed by atoms with E-state index in [-0.39, 0.29) is 24.1 Å². The fraction of sp³-hybridized carbons (Fsp3) is 0.458. The maximum atomic E-state index is 13.1. The van der Waals surface area contributed by atoms with E-state index in [1.165, 1.54) is 6.33 Å². The van der Waals surface area contributed by atoms with Gasteiger partial charge in [-0.1, -0.05) is 0 Å². The van der Waals surface area contributed by atoms with Gasteiger partial charge in [0.25, 0.3) is 0 Å². The Morgan fingerprint density at radius 2 is 1.92 bits per heavy atom. The number of anilines is 1. The monoisotopic (exact) mass is 493 g/mol. The average Bonchev–Trinajstić information content (AvgIpc) is 3.61. The van der Waals surface area contributed by atoms with E-state index in [0.717, 1.165) is 5.56 Å². The SMILES string of the molecule is COc1ccc(-c2nn(C3CCN(C(=O)N4C[C@@H]5C[C@H]4C(=O)O5)CC3)c3ncnc(N)c23)cc1OC. The van der Waals surface area contributed by atoms with Gasteiger partial charge in [0.05, 0.1) is 32.2 Å². The molecule has 188 valence electrons. The Balaban J connectivity index is 1.27. The second-order valence-electron chi connectivity index (χ2n) is 9.28. The van der Waals surface area contributed by atoms with Crippen LogP contribution in [0.2, 0.25) is 0 Å². The predicted molar refractivity (Wildman–Crippen MR) is 129 cm³/mol. The van der Waals surface area contributed by atoms with Crippen LogP contribution in [0.4, 0.5) is 10.6 Å². The summed E-state index contributed by atoms with van der Waals surface area (Å²) in [7, 11) is 3.17. The number of nitrogen functional groups attached to an aromatic ring is 1. The van der Waals surface area contributed by atoms with Crippen LogP contribution in [0, 0.1) is 0 Å². The first-order chi connectivity index (χ1) is 17.5. The molecule has 3 aromatic rings. The summed E-state index contributed by atoms with van der Waals surface area (Å²) in [4.78, 5) is 37.2. The lowest BCUT2D eigenvalue weighted by Crippen LogP contribution is -2.52. The Morgan fingerprint density at radius 3 is 2.61 bits per heavy atom. The molecule has 0 spiro atoms. The van der Waals surface area contributed by atoms with E-state index in [2.05, 4.69) is 9.97 Å². The summed E-state index contributed by atoms with van der Waals surface area (Å²) >= 11 is 0. The van der Waals surface area contributed by atoms with E-state index in [4.69, 9.17) is 25.0 Å². The second-order valence-corrected chi connectivity index (χ2v) is 9.28. The Bertz CT molecular complexity index is 1350. The number of nitrogens with two attached hydrogens (primary N) is 1. The van der Waals surface area contributed by atoms with Crippen LogP contribution < -0.4 is 15.2 Å². The number of hydrogen-bond donors (Lipinski definition) is 1. The lowest BCUT2D eigenvalue weighted by Gasteiger charge is -2.36. The Labute approximate surface area is 206 Å². The number of carbonyl (C=O) groups excluding carboxylic acids is 2. The molecule has 5 heterocycles. The van der Waals surface area contributed by atoms with Crippen LogP contribution >= 0.6 is 0 Å². The summed E-state index contributed by atoms with van der Waals surface area (Å²) in [5, 5.41) is 5.60. The molecule has 2 bridgehead atoms. The van der Waals surface area contributed by atoms with Crippen molar-refractivity contribution in [2.75, 3.05) is 39.6 Å². The molecule has 6 rings (SSSR count). The van der Waals surface area contributed by atoms with Gasteiger partial charge in [-0.2, -0.15) is 5.10 Å². The highest BCUT2D eigenvalue weighted by atomic mass is 16.6. The number of urea groups is 1. The summed E-state index contributed by atoms with van der Waals surface area (Å²) in [5.74, 6) is 1.25. The van der Waals surface area contributed by atoms with Crippen molar-refractivity contribution in [3.63, 3.8) is 0 Å². The summed E-state index contributed by atoms with van der Waals surface area (Å²) in [6.07, 6.45) is 3.27. The quantitative estimate of drug-likeness (QED) is 0.540. The molecule has 0 unspecified atom stereocenters. The van der Waals surface area contributed by atoms with Crippen molar-refractivity contribution in [1.29, 1.82) is 0 Å². The number of hydrogen-bond acceptors (Lipinski definition) is 9. The number of amides is 2. The predicted octanol–water partition coefficient (Wildman–Crippen LogP) is 1.85. The molecule has 36 heavy (non-hydrogen) atoms. The van der Waals surface area contributed by atoms with Gasteiger partial charge in [-0.25, -0.2) is 24.2 Å². The number of ether oxygens (including phenoxy) is 3. The zero-order chi connectivity index (χ0) is 25.0. The number of methoxy groups -OCH3 is 2. The zero-order valence-corrected chi connectivity index (χ0v) is 20.1. The van der Waals surface area contributed by atoms with Gasteiger partial charge in [0.1, 0.15) is 30.0 Å². The maximum Gasteiger partial charge on any atom is 0.329 e. The van der Waals surface area contributed by atoms with Crippen molar-refractivity contribution in [1.82, 2.24) is 29.5 Å². The number of likely N-dealkylation sites (tertiary alicyclic amines) is 2. The van der Waals surface area contributed by atoms with Crippen LogP contribution in [-0.4, -0.2) is 87.5 Å². The molecule has 2 aromatic heterocycles. The minimum absolute atomic E-state index is 0.0275. The molecule has 3 aliphatic heterocycles. The molecule has 12 heteroatoms.